The Morgan fingerprint density at radius 2 is 1.50 bits per heavy atom. The highest BCUT2D eigenvalue weighted by Crippen LogP contribution is 2.33. The van der Waals surface area contributed by atoms with Crippen LogP contribution in [0, 0.1) is 13.8 Å². The summed E-state index contributed by atoms with van der Waals surface area (Å²) in [6.45, 7) is 3.09. The van der Waals surface area contributed by atoms with Crippen molar-refractivity contribution in [3.05, 3.63) is 102 Å². The maximum Gasteiger partial charge on any atom is 0.264 e. The Hall–Kier alpha value is -4.42. The van der Waals surface area contributed by atoms with Crippen LogP contribution in [0.15, 0.2) is 101 Å². The molecule has 0 saturated carbocycles. The minimum atomic E-state index is -4.16. The van der Waals surface area contributed by atoms with Gasteiger partial charge in [-0.1, -0.05) is 29.8 Å². The lowest BCUT2D eigenvalue weighted by molar-refractivity contribution is -0.114. The van der Waals surface area contributed by atoms with Crippen LogP contribution in [-0.2, 0) is 24.8 Å². The third-order valence-electron chi connectivity index (χ3n) is 5.85. The number of aromatic nitrogens is 1. The zero-order valence-electron chi connectivity index (χ0n) is 22.0. The summed E-state index contributed by atoms with van der Waals surface area (Å²) >= 11 is 0. The van der Waals surface area contributed by atoms with Gasteiger partial charge in [-0.2, -0.15) is 0 Å². The van der Waals surface area contributed by atoms with Crippen molar-refractivity contribution in [2.45, 2.75) is 23.6 Å². The van der Waals surface area contributed by atoms with Gasteiger partial charge in [0.05, 0.1) is 22.6 Å². The quantitative estimate of drug-likeness (QED) is 0.285. The van der Waals surface area contributed by atoms with Crippen molar-refractivity contribution < 1.29 is 26.4 Å². The molecule has 1 aromatic heterocycles. The Balaban J connectivity index is 1.59. The van der Waals surface area contributed by atoms with Crippen molar-refractivity contribution in [3.8, 4) is 5.75 Å². The number of nitrogens with one attached hydrogen (secondary N) is 2. The van der Waals surface area contributed by atoms with Gasteiger partial charge in [-0.15, -0.1) is 0 Å². The van der Waals surface area contributed by atoms with Crippen LogP contribution in [0.2, 0.25) is 0 Å². The van der Waals surface area contributed by atoms with Gasteiger partial charge in [-0.05, 0) is 80.1 Å². The van der Waals surface area contributed by atoms with Crippen LogP contribution in [-0.4, -0.2) is 41.4 Å². The Morgan fingerprint density at radius 3 is 2.12 bits per heavy atom. The minimum Gasteiger partial charge on any atom is -0.495 e. The second-order valence-electron chi connectivity index (χ2n) is 8.89. The Labute approximate surface area is 233 Å². The number of methoxy groups -OCH3 is 1. The summed E-state index contributed by atoms with van der Waals surface area (Å²) in [5.41, 5.74) is 2.15. The standard InChI is InChI=1S/C28H28N4O6S2/c1-20-7-12-24(13-8-20)40(36,37)32(25-18-21(2)9-16-26(25)38-3)19-28(33)30-22-10-14-23(15-11-22)39(34,35)31-27-6-4-5-17-29-27/h4-18H,19H2,1-3H3,(H,29,31)(H,30,33). The van der Waals surface area contributed by atoms with E-state index in [1.807, 2.05) is 6.92 Å². The first-order valence-electron chi connectivity index (χ1n) is 12.1. The van der Waals surface area contributed by atoms with Crippen molar-refractivity contribution in [2.24, 2.45) is 0 Å². The molecular weight excluding hydrogens is 552 g/mol. The molecule has 0 radical (unpaired) electrons. The predicted octanol–water partition coefficient (Wildman–Crippen LogP) is 4.34. The molecule has 0 spiro atoms. The summed E-state index contributed by atoms with van der Waals surface area (Å²) in [6.07, 6.45) is 1.46. The summed E-state index contributed by atoms with van der Waals surface area (Å²) in [6, 6.07) is 21.7. The van der Waals surface area contributed by atoms with E-state index in [1.165, 1.54) is 55.8 Å². The highest BCUT2D eigenvalue weighted by Gasteiger charge is 2.29. The van der Waals surface area contributed by atoms with Gasteiger partial charge in [-0.25, -0.2) is 21.8 Å². The molecule has 208 valence electrons. The molecule has 0 aliphatic carbocycles. The van der Waals surface area contributed by atoms with E-state index >= 15 is 0 Å². The predicted molar refractivity (Wildman–Crippen MR) is 154 cm³/mol. The molecule has 1 amide bonds. The summed E-state index contributed by atoms with van der Waals surface area (Å²) < 4.78 is 61.6. The first-order chi connectivity index (χ1) is 19.0. The Kier molecular flexibility index (Phi) is 8.40. The monoisotopic (exact) mass is 580 g/mol. The van der Waals surface area contributed by atoms with Crippen LogP contribution in [0.25, 0.3) is 0 Å². The maximum absolute atomic E-state index is 13.7. The number of pyridine rings is 1. The van der Waals surface area contributed by atoms with Crippen LogP contribution in [0.1, 0.15) is 11.1 Å². The number of carbonyl (C=O) groups excluding carboxylic acids is 1. The van der Waals surface area contributed by atoms with Crippen molar-refractivity contribution in [1.82, 2.24) is 4.98 Å². The minimum absolute atomic E-state index is 0.0180. The van der Waals surface area contributed by atoms with Gasteiger partial charge >= 0.3 is 0 Å². The zero-order valence-corrected chi connectivity index (χ0v) is 23.7. The van der Waals surface area contributed by atoms with E-state index in [2.05, 4.69) is 15.0 Å². The number of anilines is 3. The molecule has 0 unspecified atom stereocenters. The molecule has 10 nitrogen and oxygen atoms in total. The summed E-state index contributed by atoms with van der Waals surface area (Å²) in [5.74, 6) is -0.188. The summed E-state index contributed by atoms with van der Waals surface area (Å²) in [7, 11) is -6.65. The van der Waals surface area contributed by atoms with E-state index in [0.717, 1.165) is 15.4 Å². The zero-order chi connectivity index (χ0) is 28.9. The number of aryl methyl sites for hydroxylation is 2. The Bertz CT molecular complexity index is 1710. The van der Waals surface area contributed by atoms with Crippen molar-refractivity contribution in [1.29, 1.82) is 0 Å². The van der Waals surface area contributed by atoms with Crippen LogP contribution in [0.5, 0.6) is 5.75 Å². The normalized spacial score (nSPS) is 11.5. The fraction of sp³-hybridized carbons (Fsp3) is 0.143. The lowest BCUT2D eigenvalue weighted by Gasteiger charge is -2.26. The number of hydrogen-bond donors (Lipinski definition) is 2. The Morgan fingerprint density at radius 1 is 0.850 bits per heavy atom. The largest absolute Gasteiger partial charge is 0.495 e. The average Bonchev–Trinajstić information content (AvgIpc) is 2.92. The number of hydrogen-bond acceptors (Lipinski definition) is 7. The number of sulfonamides is 2. The molecule has 2 N–H and O–H groups in total. The smallest absolute Gasteiger partial charge is 0.264 e. The molecule has 4 rings (SSSR count). The molecule has 0 fully saturated rings. The average molecular weight is 581 g/mol. The van der Waals surface area contributed by atoms with Crippen LogP contribution >= 0.6 is 0 Å². The number of nitrogens with zero attached hydrogens (tertiary/aromatic N) is 2. The number of benzene rings is 3. The highest BCUT2D eigenvalue weighted by atomic mass is 32.2. The molecule has 3 aromatic carbocycles. The first-order valence-corrected chi connectivity index (χ1v) is 15.0. The van der Waals surface area contributed by atoms with Gasteiger partial charge in [0.25, 0.3) is 20.0 Å². The van der Waals surface area contributed by atoms with E-state index in [9.17, 15) is 21.6 Å². The third-order valence-corrected chi connectivity index (χ3v) is 9.00. The number of ether oxygens (including phenoxy) is 1. The van der Waals surface area contributed by atoms with E-state index in [-0.39, 0.29) is 32.7 Å². The molecular formula is C28H28N4O6S2. The highest BCUT2D eigenvalue weighted by molar-refractivity contribution is 7.93. The van der Waals surface area contributed by atoms with E-state index in [1.54, 1.807) is 49.4 Å². The molecule has 40 heavy (non-hydrogen) atoms. The molecule has 12 heteroatoms. The van der Waals surface area contributed by atoms with Crippen LogP contribution in [0.3, 0.4) is 0 Å². The van der Waals surface area contributed by atoms with Crippen molar-refractivity contribution >= 4 is 43.1 Å². The fourth-order valence-corrected chi connectivity index (χ4v) is 6.23. The van der Waals surface area contributed by atoms with E-state index in [0.29, 0.717) is 0 Å². The van der Waals surface area contributed by atoms with Crippen molar-refractivity contribution in [2.75, 3.05) is 28.0 Å². The SMILES string of the molecule is COc1ccc(C)cc1N(CC(=O)Nc1ccc(S(=O)(=O)Nc2ccccn2)cc1)S(=O)(=O)c1ccc(C)cc1. The molecule has 0 bridgehead atoms. The first kappa shape index (κ1) is 28.6. The molecule has 1 heterocycles. The topological polar surface area (TPSA) is 135 Å². The van der Waals surface area contributed by atoms with Gasteiger partial charge in [0.1, 0.15) is 18.1 Å². The maximum atomic E-state index is 13.7. The van der Waals surface area contributed by atoms with Gasteiger partial charge < -0.3 is 10.1 Å². The second-order valence-corrected chi connectivity index (χ2v) is 12.4. The summed E-state index contributed by atoms with van der Waals surface area (Å²) in [5, 5.41) is 2.64. The van der Waals surface area contributed by atoms with Gasteiger partial charge in [-0.3, -0.25) is 13.8 Å². The summed E-state index contributed by atoms with van der Waals surface area (Å²) in [4.78, 5) is 17.1. The third kappa shape index (κ3) is 6.58. The van der Waals surface area contributed by atoms with E-state index in [4.69, 9.17) is 4.74 Å². The van der Waals surface area contributed by atoms with Gasteiger partial charge in [0.2, 0.25) is 5.91 Å². The number of amides is 1. The number of rotatable bonds is 10. The van der Waals surface area contributed by atoms with Crippen LogP contribution < -0.4 is 19.1 Å². The van der Waals surface area contributed by atoms with Crippen LogP contribution in [0.4, 0.5) is 17.2 Å². The molecule has 0 saturated heterocycles. The van der Waals surface area contributed by atoms with Gasteiger partial charge in [0, 0.05) is 11.9 Å². The molecule has 0 atom stereocenters. The number of carbonyl (C=O) groups is 1. The molecule has 4 aromatic rings. The molecule has 0 aliphatic rings. The lowest BCUT2D eigenvalue weighted by atomic mass is 10.2. The molecule has 0 aliphatic heterocycles. The van der Waals surface area contributed by atoms with Crippen molar-refractivity contribution in [3.63, 3.8) is 0 Å². The van der Waals surface area contributed by atoms with Gasteiger partial charge in [0.15, 0.2) is 0 Å². The van der Waals surface area contributed by atoms with E-state index < -0.39 is 32.5 Å². The lowest BCUT2D eigenvalue weighted by Crippen LogP contribution is -2.38. The second kappa shape index (κ2) is 11.8. The fourth-order valence-electron chi connectivity index (χ4n) is 3.80.